The van der Waals surface area contributed by atoms with Gasteiger partial charge in [-0.1, -0.05) is 199 Å². The molecule has 0 aromatic rings. The van der Waals surface area contributed by atoms with Crippen LogP contribution in [-0.2, 0) is 23.8 Å². The normalized spacial score (nSPS) is 13.4. The fraction of sp³-hybridized carbons (Fsp3) is 0.593. The Kier molecular flexibility index (Phi) is 50.1. The molecule has 5 nitrogen and oxygen atoms in total. The molecule has 0 rings (SSSR count). The average molecular weight is 883 g/mol. The van der Waals surface area contributed by atoms with Gasteiger partial charge < -0.3 is 14.2 Å². The Hall–Kier alpha value is -3.96. The van der Waals surface area contributed by atoms with E-state index >= 15 is 0 Å². The standard InChI is InChI=1S/C59H94O5/c1-4-7-10-13-16-19-22-25-27-29-31-33-36-39-42-45-48-51-54-62-55-57(64-59(61)53-50-47-44-41-38-34-24-21-18-15-12-9-6-3)56-63-58(60)52-49-46-43-40-37-35-32-30-28-26-23-20-17-14-11-8-5-2/h7-12,16-21,25-28,32,34-35,38,40,43,57H,4-6,13-15,22-24,29-31,33,36-37,39,41-42,44-56H2,1-3H3/b10-7-,11-8-,12-9-,19-16-,20-17-,21-18-,27-25-,28-26-,35-32-,38-34-,43-40-. The molecule has 0 aliphatic heterocycles. The fourth-order valence-corrected chi connectivity index (χ4v) is 6.46. The average Bonchev–Trinajstić information content (AvgIpc) is 3.30. The molecule has 0 fully saturated rings. The van der Waals surface area contributed by atoms with E-state index in [0.717, 1.165) is 122 Å². The third kappa shape index (κ3) is 50.7. The zero-order valence-electron chi connectivity index (χ0n) is 41.2. The maximum atomic E-state index is 12.8. The van der Waals surface area contributed by atoms with Crippen LogP contribution in [-0.4, -0.2) is 37.9 Å². The van der Waals surface area contributed by atoms with Crippen LogP contribution in [0.1, 0.15) is 201 Å². The van der Waals surface area contributed by atoms with E-state index in [1.807, 2.05) is 0 Å². The summed E-state index contributed by atoms with van der Waals surface area (Å²) in [5, 5.41) is 0. The lowest BCUT2D eigenvalue weighted by atomic mass is 10.1. The van der Waals surface area contributed by atoms with Crippen LogP contribution >= 0.6 is 0 Å². The zero-order chi connectivity index (χ0) is 46.3. The summed E-state index contributed by atoms with van der Waals surface area (Å²) in [5.41, 5.74) is 0. The van der Waals surface area contributed by atoms with Gasteiger partial charge in [0, 0.05) is 19.4 Å². The van der Waals surface area contributed by atoms with Gasteiger partial charge in [0.05, 0.1) is 6.61 Å². The maximum absolute atomic E-state index is 12.8. The molecule has 0 aliphatic rings. The first-order valence-electron chi connectivity index (χ1n) is 25.7. The van der Waals surface area contributed by atoms with Crippen LogP contribution in [0.2, 0.25) is 0 Å². The number of hydrogen-bond acceptors (Lipinski definition) is 5. The van der Waals surface area contributed by atoms with Crippen molar-refractivity contribution in [1.29, 1.82) is 0 Å². The van der Waals surface area contributed by atoms with Crippen LogP contribution in [0, 0.1) is 0 Å². The lowest BCUT2D eigenvalue weighted by Crippen LogP contribution is -2.30. The molecule has 0 saturated heterocycles. The predicted octanol–water partition coefficient (Wildman–Crippen LogP) is 17.6. The number of allylic oxidation sites excluding steroid dienone is 22. The third-order valence-electron chi connectivity index (χ3n) is 10.2. The van der Waals surface area contributed by atoms with E-state index in [-0.39, 0.29) is 25.2 Å². The van der Waals surface area contributed by atoms with Crippen LogP contribution in [0.4, 0.5) is 0 Å². The summed E-state index contributed by atoms with van der Waals surface area (Å²) in [6.07, 6.45) is 76.1. The summed E-state index contributed by atoms with van der Waals surface area (Å²) < 4.78 is 17.3. The minimum atomic E-state index is -0.588. The molecule has 0 spiro atoms. The summed E-state index contributed by atoms with van der Waals surface area (Å²) in [4.78, 5) is 25.4. The highest BCUT2D eigenvalue weighted by molar-refractivity contribution is 5.70. The smallest absolute Gasteiger partial charge is 0.306 e. The number of rotatable bonds is 45. The van der Waals surface area contributed by atoms with E-state index < -0.39 is 6.10 Å². The van der Waals surface area contributed by atoms with E-state index in [1.165, 1.54) is 44.9 Å². The molecule has 0 bridgehead atoms. The Morgan fingerprint density at radius 3 is 1.09 bits per heavy atom. The summed E-state index contributed by atoms with van der Waals surface area (Å²) in [5.74, 6) is -0.513. The van der Waals surface area contributed by atoms with Crippen molar-refractivity contribution < 1.29 is 23.8 Å². The summed E-state index contributed by atoms with van der Waals surface area (Å²) in [6.45, 7) is 7.36. The topological polar surface area (TPSA) is 61.8 Å². The first-order chi connectivity index (χ1) is 31.6. The van der Waals surface area contributed by atoms with Crippen LogP contribution in [0.15, 0.2) is 134 Å². The van der Waals surface area contributed by atoms with Crippen molar-refractivity contribution in [1.82, 2.24) is 0 Å². The van der Waals surface area contributed by atoms with Gasteiger partial charge in [0.1, 0.15) is 6.61 Å². The molecule has 0 aromatic carbocycles. The van der Waals surface area contributed by atoms with Crippen molar-refractivity contribution in [3.8, 4) is 0 Å². The maximum Gasteiger partial charge on any atom is 0.306 e. The highest BCUT2D eigenvalue weighted by Gasteiger charge is 2.17. The number of esters is 2. The lowest BCUT2D eigenvalue weighted by Gasteiger charge is -2.18. The zero-order valence-corrected chi connectivity index (χ0v) is 41.2. The van der Waals surface area contributed by atoms with Gasteiger partial charge in [0.2, 0.25) is 0 Å². The summed E-state index contributed by atoms with van der Waals surface area (Å²) in [6, 6.07) is 0. The van der Waals surface area contributed by atoms with Gasteiger partial charge in [0.25, 0.3) is 0 Å². The molecule has 0 amide bonds. The van der Waals surface area contributed by atoms with Crippen LogP contribution in [0.5, 0.6) is 0 Å². The predicted molar refractivity (Wildman–Crippen MR) is 278 cm³/mol. The summed E-state index contributed by atoms with van der Waals surface area (Å²) >= 11 is 0. The Balaban J connectivity index is 4.43. The van der Waals surface area contributed by atoms with E-state index in [1.54, 1.807) is 0 Å². The second-order valence-corrected chi connectivity index (χ2v) is 16.3. The molecule has 0 saturated carbocycles. The van der Waals surface area contributed by atoms with E-state index in [2.05, 4.69) is 154 Å². The largest absolute Gasteiger partial charge is 0.462 e. The number of unbranched alkanes of at least 4 members (excludes halogenated alkanes) is 12. The van der Waals surface area contributed by atoms with Gasteiger partial charge in [0.15, 0.2) is 6.10 Å². The van der Waals surface area contributed by atoms with Gasteiger partial charge >= 0.3 is 11.9 Å². The third-order valence-corrected chi connectivity index (χ3v) is 10.2. The van der Waals surface area contributed by atoms with Crippen molar-refractivity contribution in [2.75, 3.05) is 19.8 Å². The molecule has 360 valence electrons. The number of carbonyl (C=O) groups is 2. The van der Waals surface area contributed by atoms with Crippen LogP contribution in [0.25, 0.3) is 0 Å². The second-order valence-electron chi connectivity index (χ2n) is 16.3. The SMILES string of the molecule is CC/C=C\C/C=C\C/C=C\C/C=C\C/C=C\CCCC(=O)OCC(COCCCCCCCCCC/C=C\C/C=C\C/C=C\CC)OC(=O)CCCCC/C=C\C/C=C\C/C=C\CC. The van der Waals surface area contributed by atoms with Crippen molar-refractivity contribution in [3.05, 3.63) is 134 Å². The van der Waals surface area contributed by atoms with Gasteiger partial charge in [-0.3, -0.25) is 9.59 Å². The van der Waals surface area contributed by atoms with Gasteiger partial charge in [-0.15, -0.1) is 0 Å². The molecule has 1 unspecified atom stereocenters. The fourth-order valence-electron chi connectivity index (χ4n) is 6.46. The highest BCUT2D eigenvalue weighted by atomic mass is 16.6. The molecule has 0 aliphatic carbocycles. The Morgan fingerprint density at radius 2 is 0.672 bits per heavy atom. The number of hydrogen-bond donors (Lipinski definition) is 0. The van der Waals surface area contributed by atoms with Gasteiger partial charge in [-0.2, -0.15) is 0 Å². The quantitative estimate of drug-likeness (QED) is 0.0346. The Labute approximate surface area is 394 Å². The Bertz CT molecular complexity index is 1370. The Morgan fingerprint density at radius 1 is 0.344 bits per heavy atom. The van der Waals surface area contributed by atoms with Crippen LogP contribution < -0.4 is 0 Å². The van der Waals surface area contributed by atoms with Crippen molar-refractivity contribution in [3.63, 3.8) is 0 Å². The van der Waals surface area contributed by atoms with Gasteiger partial charge in [-0.05, 0) is 122 Å². The van der Waals surface area contributed by atoms with E-state index in [9.17, 15) is 9.59 Å². The highest BCUT2D eigenvalue weighted by Crippen LogP contribution is 2.12. The van der Waals surface area contributed by atoms with E-state index in [0.29, 0.717) is 19.4 Å². The number of carbonyl (C=O) groups excluding carboxylic acids is 2. The minimum Gasteiger partial charge on any atom is -0.462 e. The second kappa shape index (κ2) is 53.4. The van der Waals surface area contributed by atoms with Crippen molar-refractivity contribution >= 4 is 11.9 Å². The monoisotopic (exact) mass is 883 g/mol. The molecule has 0 aromatic heterocycles. The molecule has 0 radical (unpaired) electrons. The lowest BCUT2D eigenvalue weighted by molar-refractivity contribution is -0.163. The molecule has 0 heterocycles. The first kappa shape index (κ1) is 60.0. The van der Waals surface area contributed by atoms with Crippen molar-refractivity contribution in [2.24, 2.45) is 0 Å². The van der Waals surface area contributed by atoms with Crippen LogP contribution in [0.3, 0.4) is 0 Å². The number of ether oxygens (including phenoxy) is 3. The molecule has 64 heavy (non-hydrogen) atoms. The minimum absolute atomic E-state index is 0.0319. The molecule has 1 atom stereocenters. The van der Waals surface area contributed by atoms with Crippen molar-refractivity contribution in [2.45, 2.75) is 207 Å². The first-order valence-corrected chi connectivity index (χ1v) is 25.7. The van der Waals surface area contributed by atoms with Gasteiger partial charge in [-0.25, -0.2) is 0 Å². The molecular weight excluding hydrogens is 789 g/mol. The van der Waals surface area contributed by atoms with E-state index in [4.69, 9.17) is 14.2 Å². The molecular formula is C59H94O5. The molecule has 0 N–H and O–H groups in total. The summed E-state index contributed by atoms with van der Waals surface area (Å²) in [7, 11) is 0. The molecule has 5 heteroatoms.